The SMILES string of the molecule is CC(=O)c1ccc(SCC(=O)O)cc1F. The molecular weight excluding hydrogens is 219 g/mol. The third-order valence-corrected chi connectivity index (χ3v) is 2.66. The van der Waals surface area contributed by atoms with Crippen LogP contribution in [0.5, 0.6) is 0 Å². The number of carbonyl (C=O) groups excluding carboxylic acids is 1. The summed E-state index contributed by atoms with van der Waals surface area (Å²) in [7, 11) is 0. The van der Waals surface area contributed by atoms with Gasteiger partial charge in [0, 0.05) is 4.90 Å². The first-order valence-corrected chi connectivity index (χ1v) is 5.14. The van der Waals surface area contributed by atoms with E-state index in [1.807, 2.05) is 0 Å². The second-order valence-electron chi connectivity index (χ2n) is 2.88. The van der Waals surface area contributed by atoms with Gasteiger partial charge in [-0.05, 0) is 25.1 Å². The van der Waals surface area contributed by atoms with Crippen molar-refractivity contribution in [1.82, 2.24) is 0 Å². The normalized spacial score (nSPS) is 10.0. The second-order valence-corrected chi connectivity index (χ2v) is 3.93. The monoisotopic (exact) mass is 228 g/mol. The lowest BCUT2D eigenvalue weighted by Crippen LogP contribution is -1.99. The van der Waals surface area contributed by atoms with Crippen LogP contribution in [0.15, 0.2) is 23.1 Å². The first-order chi connectivity index (χ1) is 7.00. The summed E-state index contributed by atoms with van der Waals surface area (Å²) in [6.45, 7) is 1.28. The minimum Gasteiger partial charge on any atom is -0.481 e. The van der Waals surface area contributed by atoms with Crippen LogP contribution in [0, 0.1) is 5.82 Å². The maximum absolute atomic E-state index is 13.2. The van der Waals surface area contributed by atoms with Crippen LogP contribution < -0.4 is 0 Å². The summed E-state index contributed by atoms with van der Waals surface area (Å²) in [6, 6.07) is 4.07. The number of hydrogen-bond donors (Lipinski definition) is 1. The molecule has 0 aliphatic heterocycles. The fourth-order valence-electron chi connectivity index (χ4n) is 1.02. The molecule has 0 saturated carbocycles. The maximum Gasteiger partial charge on any atom is 0.313 e. The maximum atomic E-state index is 13.2. The molecule has 0 spiro atoms. The fraction of sp³-hybridized carbons (Fsp3) is 0.200. The van der Waals surface area contributed by atoms with Crippen LogP contribution in [0.2, 0.25) is 0 Å². The molecule has 1 aromatic carbocycles. The van der Waals surface area contributed by atoms with Crippen molar-refractivity contribution in [2.24, 2.45) is 0 Å². The summed E-state index contributed by atoms with van der Waals surface area (Å²) in [6.07, 6.45) is 0. The Balaban J connectivity index is 2.82. The summed E-state index contributed by atoms with van der Waals surface area (Å²) in [5, 5.41) is 8.42. The van der Waals surface area contributed by atoms with E-state index in [2.05, 4.69) is 0 Å². The van der Waals surface area contributed by atoms with Crippen LogP contribution in [0.25, 0.3) is 0 Å². The van der Waals surface area contributed by atoms with E-state index in [0.717, 1.165) is 11.8 Å². The zero-order valence-corrected chi connectivity index (χ0v) is 8.81. The highest BCUT2D eigenvalue weighted by atomic mass is 32.2. The van der Waals surface area contributed by atoms with E-state index in [1.54, 1.807) is 0 Å². The molecule has 5 heteroatoms. The van der Waals surface area contributed by atoms with Crippen LogP contribution in [0.4, 0.5) is 4.39 Å². The van der Waals surface area contributed by atoms with Gasteiger partial charge in [-0.3, -0.25) is 9.59 Å². The van der Waals surface area contributed by atoms with E-state index in [1.165, 1.54) is 25.1 Å². The van der Waals surface area contributed by atoms with Gasteiger partial charge in [0.05, 0.1) is 11.3 Å². The Morgan fingerprint density at radius 3 is 2.60 bits per heavy atom. The predicted octanol–water partition coefficient (Wildman–Crippen LogP) is 2.21. The number of rotatable bonds is 4. The Hall–Kier alpha value is -1.36. The molecule has 0 unspecified atom stereocenters. The van der Waals surface area contributed by atoms with Gasteiger partial charge >= 0.3 is 5.97 Å². The van der Waals surface area contributed by atoms with E-state index in [-0.39, 0.29) is 17.1 Å². The molecule has 3 nitrogen and oxygen atoms in total. The van der Waals surface area contributed by atoms with Crippen LogP contribution in [-0.4, -0.2) is 22.6 Å². The number of ketones is 1. The minimum absolute atomic E-state index is 0.0228. The molecule has 1 rings (SSSR count). The van der Waals surface area contributed by atoms with E-state index in [9.17, 15) is 14.0 Å². The third-order valence-electron chi connectivity index (χ3n) is 1.68. The third kappa shape index (κ3) is 3.36. The molecule has 0 atom stereocenters. The first-order valence-electron chi connectivity index (χ1n) is 4.16. The van der Waals surface area contributed by atoms with Gasteiger partial charge in [0.15, 0.2) is 5.78 Å². The number of carboxylic acid groups (broad SMARTS) is 1. The second kappa shape index (κ2) is 4.93. The van der Waals surface area contributed by atoms with E-state index in [4.69, 9.17) is 5.11 Å². The molecule has 0 saturated heterocycles. The summed E-state index contributed by atoms with van der Waals surface area (Å²) in [4.78, 5) is 21.7. The quantitative estimate of drug-likeness (QED) is 0.634. The number of benzene rings is 1. The van der Waals surface area contributed by atoms with Crippen LogP contribution in [0.3, 0.4) is 0 Å². The van der Waals surface area contributed by atoms with E-state index < -0.39 is 11.8 Å². The summed E-state index contributed by atoms with van der Waals surface area (Å²) in [5.41, 5.74) is 0.0228. The minimum atomic E-state index is -0.962. The van der Waals surface area contributed by atoms with Gasteiger partial charge in [-0.2, -0.15) is 0 Å². The van der Waals surface area contributed by atoms with Gasteiger partial charge in [-0.25, -0.2) is 4.39 Å². The number of hydrogen-bond acceptors (Lipinski definition) is 3. The molecule has 1 N–H and O–H groups in total. The first kappa shape index (κ1) is 11.7. The zero-order valence-electron chi connectivity index (χ0n) is 7.99. The van der Waals surface area contributed by atoms with E-state index in [0.29, 0.717) is 4.90 Å². The van der Waals surface area contributed by atoms with Crippen molar-refractivity contribution in [2.45, 2.75) is 11.8 Å². The van der Waals surface area contributed by atoms with Crippen molar-refractivity contribution >= 4 is 23.5 Å². The predicted molar refractivity (Wildman–Crippen MR) is 54.8 cm³/mol. The Morgan fingerprint density at radius 1 is 1.47 bits per heavy atom. The summed E-state index contributed by atoms with van der Waals surface area (Å²) < 4.78 is 13.2. The molecule has 1 aromatic rings. The van der Waals surface area contributed by atoms with Gasteiger partial charge in [-0.1, -0.05) is 0 Å². The lowest BCUT2D eigenvalue weighted by molar-refractivity contribution is -0.133. The number of aliphatic carboxylic acids is 1. The Labute approximate surface area is 90.3 Å². The van der Waals surface area contributed by atoms with Gasteiger partial charge in [0.1, 0.15) is 5.82 Å². The van der Waals surface area contributed by atoms with Crippen molar-refractivity contribution in [1.29, 1.82) is 0 Å². The van der Waals surface area contributed by atoms with Crippen molar-refractivity contribution < 1.29 is 19.1 Å². The lowest BCUT2D eigenvalue weighted by Gasteiger charge is -2.02. The molecule has 15 heavy (non-hydrogen) atoms. The van der Waals surface area contributed by atoms with Gasteiger partial charge in [-0.15, -0.1) is 11.8 Å². The van der Waals surface area contributed by atoms with Crippen molar-refractivity contribution in [3.63, 3.8) is 0 Å². The number of thioether (sulfide) groups is 1. The van der Waals surface area contributed by atoms with Crippen molar-refractivity contribution in [3.05, 3.63) is 29.6 Å². The number of Topliss-reactive ketones (excluding diaryl/α,β-unsaturated/α-hetero) is 1. The molecule has 0 bridgehead atoms. The standard InChI is InChI=1S/C10H9FO3S/c1-6(12)8-3-2-7(4-9(8)11)15-5-10(13)14/h2-4H,5H2,1H3,(H,13,14). The molecule has 0 aromatic heterocycles. The van der Waals surface area contributed by atoms with Gasteiger partial charge in [0.25, 0.3) is 0 Å². The Kier molecular flexibility index (Phi) is 3.85. The molecule has 0 aliphatic rings. The molecule has 0 fully saturated rings. The highest BCUT2D eigenvalue weighted by Gasteiger charge is 2.08. The molecule has 0 amide bonds. The number of carboxylic acids is 1. The average molecular weight is 228 g/mol. The van der Waals surface area contributed by atoms with Crippen LogP contribution in [0.1, 0.15) is 17.3 Å². The molecule has 0 heterocycles. The van der Waals surface area contributed by atoms with E-state index >= 15 is 0 Å². The highest BCUT2D eigenvalue weighted by Crippen LogP contribution is 2.20. The number of carbonyl (C=O) groups is 2. The topological polar surface area (TPSA) is 54.4 Å². The zero-order chi connectivity index (χ0) is 11.4. The lowest BCUT2D eigenvalue weighted by atomic mass is 10.1. The molecule has 0 radical (unpaired) electrons. The summed E-state index contributed by atoms with van der Waals surface area (Å²) >= 11 is 1.01. The van der Waals surface area contributed by atoms with Crippen LogP contribution in [-0.2, 0) is 4.79 Å². The van der Waals surface area contributed by atoms with Crippen molar-refractivity contribution in [2.75, 3.05) is 5.75 Å². The molecular formula is C10H9FO3S. The van der Waals surface area contributed by atoms with Crippen LogP contribution >= 0.6 is 11.8 Å². The fourth-order valence-corrected chi connectivity index (χ4v) is 1.66. The van der Waals surface area contributed by atoms with Gasteiger partial charge in [0.2, 0.25) is 0 Å². The molecule has 0 aliphatic carbocycles. The van der Waals surface area contributed by atoms with Gasteiger partial charge < -0.3 is 5.11 Å². The largest absolute Gasteiger partial charge is 0.481 e. The van der Waals surface area contributed by atoms with Crippen molar-refractivity contribution in [3.8, 4) is 0 Å². The smallest absolute Gasteiger partial charge is 0.313 e. The Bertz CT molecular complexity index is 404. The molecule has 80 valence electrons. The summed E-state index contributed by atoms with van der Waals surface area (Å²) in [5.74, 6) is -2.05. The average Bonchev–Trinajstić information content (AvgIpc) is 2.14. The highest BCUT2D eigenvalue weighted by molar-refractivity contribution is 8.00. The Morgan fingerprint density at radius 2 is 2.13 bits per heavy atom. The number of halogens is 1.